The maximum atomic E-state index is 10.4. The summed E-state index contributed by atoms with van der Waals surface area (Å²) in [5.74, 6) is -0.737. The van der Waals surface area contributed by atoms with Gasteiger partial charge in [-0.1, -0.05) is 6.07 Å². The molecule has 0 aliphatic carbocycles. The molecule has 0 aromatic carbocycles. The summed E-state index contributed by atoms with van der Waals surface area (Å²) in [6.07, 6.45) is 5.87. The highest BCUT2D eigenvalue weighted by Crippen LogP contribution is 2.01. The van der Waals surface area contributed by atoms with E-state index in [1.807, 2.05) is 24.2 Å². The Morgan fingerprint density at radius 2 is 2.24 bits per heavy atom. The van der Waals surface area contributed by atoms with E-state index in [9.17, 15) is 4.79 Å². The van der Waals surface area contributed by atoms with Gasteiger partial charge in [-0.2, -0.15) is 0 Å². The molecule has 1 N–H and O–H groups in total. The van der Waals surface area contributed by atoms with E-state index in [1.165, 1.54) is 5.56 Å². The van der Waals surface area contributed by atoms with Crippen molar-refractivity contribution in [3.8, 4) is 0 Å². The van der Waals surface area contributed by atoms with Crippen LogP contribution in [0, 0.1) is 0 Å². The Balaban J connectivity index is 0.00000256. The van der Waals surface area contributed by atoms with Crippen LogP contribution < -0.4 is 0 Å². The topological polar surface area (TPSA) is 53.4 Å². The molecule has 17 heavy (non-hydrogen) atoms. The quantitative estimate of drug-likeness (QED) is 0.811. The summed E-state index contributed by atoms with van der Waals surface area (Å²) in [7, 11) is 1.95. The van der Waals surface area contributed by atoms with Gasteiger partial charge in [0.05, 0.1) is 6.42 Å². The van der Waals surface area contributed by atoms with Gasteiger partial charge in [0.25, 0.3) is 0 Å². The predicted octanol–water partition coefficient (Wildman–Crippen LogP) is 1.84. The lowest BCUT2D eigenvalue weighted by Crippen LogP contribution is -2.23. The fraction of sp³-hybridized carbons (Fsp3) is 0.500. The number of carboxylic acid groups (broad SMARTS) is 1. The smallest absolute Gasteiger partial charge is 0.304 e. The fourth-order valence-corrected chi connectivity index (χ4v) is 1.50. The van der Waals surface area contributed by atoms with Gasteiger partial charge in [-0.05, 0) is 38.1 Å². The molecule has 0 unspecified atom stereocenters. The number of aryl methyl sites for hydroxylation is 1. The van der Waals surface area contributed by atoms with Crippen molar-refractivity contribution >= 4 is 18.4 Å². The van der Waals surface area contributed by atoms with Crippen LogP contribution in [0.4, 0.5) is 0 Å². The molecule has 0 fully saturated rings. The van der Waals surface area contributed by atoms with E-state index < -0.39 is 5.97 Å². The number of aliphatic carboxylic acids is 1. The average Bonchev–Trinajstić information content (AvgIpc) is 2.28. The van der Waals surface area contributed by atoms with Gasteiger partial charge >= 0.3 is 5.97 Å². The second-order valence-electron chi connectivity index (χ2n) is 3.91. The number of hydrogen-bond acceptors (Lipinski definition) is 3. The summed E-state index contributed by atoms with van der Waals surface area (Å²) in [6, 6.07) is 3.99. The van der Waals surface area contributed by atoms with Crippen molar-refractivity contribution in [3.05, 3.63) is 30.1 Å². The van der Waals surface area contributed by atoms with E-state index in [2.05, 4.69) is 11.1 Å². The van der Waals surface area contributed by atoms with E-state index in [1.54, 1.807) is 6.20 Å². The van der Waals surface area contributed by atoms with Gasteiger partial charge < -0.3 is 10.0 Å². The number of halogens is 1. The average molecular weight is 259 g/mol. The standard InChI is InChI=1S/C12H18N2O2.ClH/c1-14(9-6-12(15)16)8-3-5-11-4-2-7-13-10-11;/h2,4,7,10H,3,5-6,8-9H2,1H3,(H,15,16);1H. The molecule has 0 atom stereocenters. The van der Waals surface area contributed by atoms with Crippen LogP contribution in [0.25, 0.3) is 0 Å². The minimum absolute atomic E-state index is 0. The molecule has 0 spiro atoms. The highest BCUT2D eigenvalue weighted by molar-refractivity contribution is 5.85. The lowest BCUT2D eigenvalue weighted by molar-refractivity contribution is -0.137. The highest BCUT2D eigenvalue weighted by Gasteiger charge is 2.02. The van der Waals surface area contributed by atoms with Crippen molar-refractivity contribution in [1.82, 2.24) is 9.88 Å². The molecule has 0 aliphatic heterocycles. The van der Waals surface area contributed by atoms with Crippen LogP contribution >= 0.6 is 12.4 Å². The largest absolute Gasteiger partial charge is 0.481 e. The summed E-state index contributed by atoms with van der Waals surface area (Å²) in [6.45, 7) is 1.53. The Hall–Kier alpha value is -1.13. The molecule has 4 nitrogen and oxygen atoms in total. The Labute approximate surface area is 108 Å². The summed E-state index contributed by atoms with van der Waals surface area (Å²) >= 11 is 0. The first-order chi connectivity index (χ1) is 7.68. The van der Waals surface area contributed by atoms with Crippen LogP contribution in [-0.2, 0) is 11.2 Å². The predicted molar refractivity (Wildman–Crippen MR) is 69.6 cm³/mol. The SMILES string of the molecule is CN(CCCc1cccnc1)CCC(=O)O.Cl. The molecule has 96 valence electrons. The van der Waals surface area contributed by atoms with Crippen molar-refractivity contribution in [2.75, 3.05) is 20.1 Å². The zero-order valence-electron chi connectivity index (χ0n) is 10.0. The van der Waals surface area contributed by atoms with Gasteiger partial charge in [0, 0.05) is 18.9 Å². The minimum Gasteiger partial charge on any atom is -0.481 e. The zero-order valence-corrected chi connectivity index (χ0v) is 10.8. The third-order valence-electron chi connectivity index (χ3n) is 2.44. The Morgan fingerprint density at radius 1 is 1.47 bits per heavy atom. The van der Waals surface area contributed by atoms with Crippen molar-refractivity contribution < 1.29 is 9.90 Å². The van der Waals surface area contributed by atoms with Crippen molar-refractivity contribution in [2.45, 2.75) is 19.3 Å². The van der Waals surface area contributed by atoms with Crippen LogP contribution in [0.5, 0.6) is 0 Å². The van der Waals surface area contributed by atoms with Crippen LogP contribution in [0.15, 0.2) is 24.5 Å². The van der Waals surface area contributed by atoms with E-state index in [-0.39, 0.29) is 18.8 Å². The van der Waals surface area contributed by atoms with E-state index in [0.717, 1.165) is 19.4 Å². The van der Waals surface area contributed by atoms with Gasteiger partial charge in [0.1, 0.15) is 0 Å². The molecular weight excluding hydrogens is 240 g/mol. The van der Waals surface area contributed by atoms with Gasteiger partial charge in [0.2, 0.25) is 0 Å². The first-order valence-corrected chi connectivity index (χ1v) is 5.47. The van der Waals surface area contributed by atoms with Crippen molar-refractivity contribution in [3.63, 3.8) is 0 Å². The van der Waals surface area contributed by atoms with E-state index >= 15 is 0 Å². The molecule has 0 bridgehead atoms. The second kappa shape index (κ2) is 8.96. The van der Waals surface area contributed by atoms with Gasteiger partial charge in [-0.15, -0.1) is 12.4 Å². The zero-order chi connectivity index (χ0) is 11.8. The van der Waals surface area contributed by atoms with Crippen LogP contribution in [0.1, 0.15) is 18.4 Å². The Kier molecular flexibility index (Phi) is 8.36. The summed E-state index contributed by atoms with van der Waals surface area (Å²) in [4.78, 5) is 16.5. The number of hydrogen-bond donors (Lipinski definition) is 1. The maximum absolute atomic E-state index is 10.4. The number of carboxylic acids is 1. The minimum atomic E-state index is -0.737. The normalized spacial score (nSPS) is 10.0. The van der Waals surface area contributed by atoms with Crippen LogP contribution in [0.3, 0.4) is 0 Å². The molecular formula is C12H19ClN2O2. The Bertz CT molecular complexity index is 320. The molecule has 0 amide bonds. The number of rotatable bonds is 7. The molecule has 1 rings (SSSR count). The molecule has 1 heterocycles. The lowest BCUT2D eigenvalue weighted by atomic mass is 10.1. The molecule has 0 radical (unpaired) electrons. The highest BCUT2D eigenvalue weighted by atomic mass is 35.5. The number of aromatic nitrogens is 1. The first-order valence-electron chi connectivity index (χ1n) is 5.47. The number of nitrogens with zero attached hydrogens (tertiary/aromatic N) is 2. The molecule has 0 saturated carbocycles. The van der Waals surface area contributed by atoms with Crippen molar-refractivity contribution in [1.29, 1.82) is 0 Å². The first kappa shape index (κ1) is 15.9. The van der Waals surface area contributed by atoms with Crippen LogP contribution in [-0.4, -0.2) is 41.1 Å². The lowest BCUT2D eigenvalue weighted by Gasteiger charge is -2.14. The second-order valence-corrected chi connectivity index (χ2v) is 3.91. The molecule has 0 aliphatic rings. The molecule has 0 saturated heterocycles. The van der Waals surface area contributed by atoms with E-state index in [4.69, 9.17) is 5.11 Å². The fourth-order valence-electron chi connectivity index (χ4n) is 1.50. The van der Waals surface area contributed by atoms with Crippen molar-refractivity contribution in [2.24, 2.45) is 0 Å². The van der Waals surface area contributed by atoms with Crippen LogP contribution in [0.2, 0.25) is 0 Å². The monoisotopic (exact) mass is 258 g/mol. The van der Waals surface area contributed by atoms with Gasteiger partial charge in [-0.25, -0.2) is 0 Å². The Morgan fingerprint density at radius 3 is 2.82 bits per heavy atom. The summed E-state index contributed by atoms with van der Waals surface area (Å²) in [5, 5.41) is 8.53. The molecule has 1 aromatic rings. The maximum Gasteiger partial charge on any atom is 0.304 e. The summed E-state index contributed by atoms with van der Waals surface area (Å²) in [5.41, 5.74) is 1.23. The third kappa shape index (κ3) is 7.71. The van der Waals surface area contributed by atoms with Gasteiger partial charge in [0.15, 0.2) is 0 Å². The molecule has 1 aromatic heterocycles. The summed E-state index contributed by atoms with van der Waals surface area (Å²) < 4.78 is 0. The van der Waals surface area contributed by atoms with E-state index in [0.29, 0.717) is 6.54 Å². The third-order valence-corrected chi connectivity index (χ3v) is 2.44. The van der Waals surface area contributed by atoms with Gasteiger partial charge in [-0.3, -0.25) is 9.78 Å². The number of pyridine rings is 1. The number of carbonyl (C=O) groups is 1. The molecule has 5 heteroatoms.